The predicted molar refractivity (Wildman–Crippen MR) is 75.6 cm³/mol. The van der Waals surface area contributed by atoms with Gasteiger partial charge >= 0.3 is 5.97 Å². The highest BCUT2D eigenvalue weighted by molar-refractivity contribution is 5.89. The fraction of sp³-hybridized carbons (Fsp3) is 0.562. The van der Waals surface area contributed by atoms with E-state index >= 15 is 0 Å². The molecule has 1 saturated carbocycles. The second kappa shape index (κ2) is 7.90. The van der Waals surface area contributed by atoms with Gasteiger partial charge in [-0.1, -0.05) is 26.2 Å². The third-order valence-electron chi connectivity index (χ3n) is 3.42. The monoisotopic (exact) mass is 278 g/mol. The van der Waals surface area contributed by atoms with E-state index < -0.39 is 5.97 Å². The standard InChI is InChI=1S/C16H22O4/c1-2-3-12-18-14-10-8-13(9-11-14)16(17)20-19-15-6-4-5-7-15/h8-11,15H,2-7,12H2,1H3. The molecule has 0 N–H and O–H groups in total. The first kappa shape index (κ1) is 14.9. The van der Waals surface area contributed by atoms with Gasteiger partial charge in [-0.15, -0.1) is 0 Å². The van der Waals surface area contributed by atoms with Crippen LogP contribution in [0.3, 0.4) is 0 Å². The number of hydrogen-bond acceptors (Lipinski definition) is 4. The van der Waals surface area contributed by atoms with Crippen molar-refractivity contribution >= 4 is 5.97 Å². The van der Waals surface area contributed by atoms with Gasteiger partial charge in [0.25, 0.3) is 0 Å². The predicted octanol–water partition coefficient (Wildman–Crippen LogP) is 3.90. The summed E-state index contributed by atoms with van der Waals surface area (Å²) in [5.41, 5.74) is 0.478. The summed E-state index contributed by atoms with van der Waals surface area (Å²) in [6.07, 6.45) is 6.42. The van der Waals surface area contributed by atoms with Crippen LogP contribution in [0.4, 0.5) is 0 Å². The lowest BCUT2D eigenvalue weighted by atomic mass is 10.2. The van der Waals surface area contributed by atoms with Gasteiger partial charge in [0.15, 0.2) is 0 Å². The van der Waals surface area contributed by atoms with E-state index in [1.54, 1.807) is 24.3 Å². The van der Waals surface area contributed by atoms with Crippen LogP contribution in [0.15, 0.2) is 24.3 Å². The van der Waals surface area contributed by atoms with Gasteiger partial charge in [0.2, 0.25) is 0 Å². The van der Waals surface area contributed by atoms with Gasteiger partial charge in [-0.25, -0.2) is 4.79 Å². The molecule has 1 aromatic carbocycles. The maximum Gasteiger partial charge on any atom is 0.373 e. The van der Waals surface area contributed by atoms with Crippen molar-refractivity contribution in [1.82, 2.24) is 0 Å². The van der Waals surface area contributed by atoms with Crippen LogP contribution in [-0.4, -0.2) is 18.7 Å². The molecule has 0 bridgehead atoms. The van der Waals surface area contributed by atoms with Gasteiger partial charge in [-0.05, 0) is 43.5 Å². The highest BCUT2D eigenvalue weighted by Crippen LogP contribution is 2.21. The van der Waals surface area contributed by atoms with Crippen molar-refractivity contribution in [2.75, 3.05) is 6.61 Å². The molecule has 4 nitrogen and oxygen atoms in total. The van der Waals surface area contributed by atoms with Crippen molar-refractivity contribution in [3.63, 3.8) is 0 Å². The Hall–Kier alpha value is -1.55. The topological polar surface area (TPSA) is 44.8 Å². The maximum absolute atomic E-state index is 11.8. The van der Waals surface area contributed by atoms with E-state index in [0.717, 1.165) is 44.3 Å². The number of rotatable bonds is 7. The van der Waals surface area contributed by atoms with Crippen molar-refractivity contribution in [3.8, 4) is 5.75 Å². The Kier molecular flexibility index (Phi) is 5.87. The Morgan fingerprint density at radius 1 is 1.20 bits per heavy atom. The molecule has 4 heteroatoms. The average Bonchev–Trinajstić information content (AvgIpc) is 2.99. The van der Waals surface area contributed by atoms with Crippen LogP contribution in [0.2, 0.25) is 0 Å². The summed E-state index contributed by atoms with van der Waals surface area (Å²) in [5.74, 6) is 0.323. The van der Waals surface area contributed by atoms with Crippen molar-refractivity contribution in [2.45, 2.75) is 51.6 Å². The zero-order valence-electron chi connectivity index (χ0n) is 12.0. The number of ether oxygens (including phenoxy) is 1. The summed E-state index contributed by atoms with van der Waals surface area (Å²) < 4.78 is 5.54. The van der Waals surface area contributed by atoms with E-state index in [-0.39, 0.29) is 6.10 Å². The molecular weight excluding hydrogens is 256 g/mol. The van der Waals surface area contributed by atoms with Gasteiger partial charge in [-0.3, -0.25) is 4.89 Å². The first-order valence-corrected chi connectivity index (χ1v) is 7.40. The average molecular weight is 278 g/mol. The Labute approximate surface area is 120 Å². The molecule has 0 heterocycles. The van der Waals surface area contributed by atoms with Gasteiger partial charge in [0, 0.05) is 0 Å². The van der Waals surface area contributed by atoms with Gasteiger partial charge < -0.3 is 4.74 Å². The zero-order valence-corrected chi connectivity index (χ0v) is 12.0. The number of benzene rings is 1. The van der Waals surface area contributed by atoms with E-state index in [0.29, 0.717) is 12.2 Å². The highest BCUT2D eigenvalue weighted by atomic mass is 17.2. The molecule has 0 unspecified atom stereocenters. The normalized spacial score (nSPS) is 15.2. The third-order valence-corrected chi connectivity index (χ3v) is 3.42. The smallest absolute Gasteiger partial charge is 0.373 e. The molecule has 1 aromatic rings. The molecule has 20 heavy (non-hydrogen) atoms. The summed E-state index contributed by atoms with van der Waals surface area (Å²) in [6.45, 7) is 2.82. The second-order valence-corrected chi connectivity index (χ2v) is 5.10. The summed E-state index contributed by atoms with van der Waals surface area (Å²) >= 11 is 0. The molecule has 0 atom stereocenters. The lowest BCUT2D eigenvalue weighted by molar-refractivity contribution is -0.272. The summed E-state index contributed by atoms with van der Waals surface area (Å²) in [7, 11) is 0. The number of carbonyl (C=O) groups is 1. The van der Waals surface area contributed by atoms with Crippen molar-refractivity contribution in [2.24, 2.45) is 0 Å². The lowest BCUT2D eigenvalue weighted by Gasteiger charge is -2.09. The molecular formula is C16H22O4. The molecule has 0 aromatic heterocycles. The Bertz CT molecular complexity index is 407. The van der Waals surface area contributed by atoms with Crippen LogP contribution < -0.4 is 4.74 Å². The maximum atomic E-state index is 11.8. The van der Waals surface area contributed by atoms with Crippen LogP contribution in [0.1, 0.15) is 55.8 Å². The number of unbranched alkanes of at least 4 members (excludes halogenated alkanes) is 1. The molecule has 110 valence electrons. The summed E-state index contributed by atoms with van der Waals surface area (Å²) in [4.78, 5) is 21.8. The van der Waals surface area contributed by atoms with Crippen LogP contribution in [0.25, 0.3) is 0 Å². The summed E-state index contributed by atoms with van der Waals surface area (Å²) in [6, 6.07) is 6.95. The SMILES string of the molecule is CCCCOc1ccc(C(=O)OOC2CCCC2)cc1. The molecule has 1 aliphatic rings. The fourth-order valence-corrected chi connectivity index (χ4v) is 2.17. The van der Waals surface area contributed by atoms with E-state index in [9.17, 15) is 4.79 Å². The molecule has 0 radical (unpaired) electrons. The van der Waals surface area contributed by atoms with E-state index in [1.807, 2.05) is 0 Å². The Morgan fingerprint density at radius 2 is 1.90 bits per heavy atom. The molecule has 1 fully saturated rings. The molecule has 2 rings (SSSR count). The van der Waals surface area contributed by atoms with Crippen molar-refractivity contribution in [1.29, 1.82) is 0 Å². The van der Waals surface area contributed by atoms with Crippen LogP contribution in [0, 0.1) is 0 Å². The first-order chi connectivity index (χ1) is 9.79. The molecule has 0 aliphatic heterocycles. The fourth-order valence-electron chi connectivity index (χ4n) is 2.17. The Balaban J connectivity index is 1.77. The van der Waals surface area contributed by atoms with E-state index in [2.05, 4.69) is 6.92 Å². The molecule has 0 spiro atoms. The molecule has 1 aliphatic carbocycles. The third kappa shape index (κ3) is 4.53. The van der Waals surface area contributed by atoms with Crippen LogP contribution in [0.5, 0.6) is 5.75 Å². The second-order valence-electron chi connectivity index (χ2n) is 5.10. The van der Waals surface area contributed by atoms with E-state index in [4.69, 9.17) is 14.5 Å². The summed E-state index contributed by atoms with van der Waals surface area (Å²) in [5, 5.41) is 0. The van der Waals surface area contributed by atoms with Crippen LogP contribution >= 0.6 is 0 Å². The quantitative estimate of drug-likeness (QED) is 0.431. The minimum Gasteiger partial charge on any atom is -0.494 e. The lowest BCUT2D eigenvalue weighted by Crippen LogP contribution is -2.13. The first-order valence-electron chi connectivity index (χ1n) is 7.40. The van der Waals surface area contributed by atoms with Gasteiger partial charge in [-0.2, -0.15) is 4.89 Å². The Morgan fingerprint density at radius 3 is 2.55 bits per heavy atom. The van der Waals surface area contributed by atoms with Gasteiger partial charge in [0.1, 0.15) is 11.9 Å². The minimum atomic E-state index is -0.447. The van der Waals surface area contributed by atoms with Gasteiger partial charge in [0.05, 0.1) is 12.2 Å². The zero-order chi connectivity index (χ0) is 14.2. The van der Waals surface area contributed by atoms with Crippen LogP contribution in [-0.2, 0) is 9.78 Å². The molecule has 0 amide bonds. The highest BCUT2D eigenvalue weighted by Gasteiger charge is 2.19. The van der Waals surface area contributed by atoms with Crippen molar-refractivity contribution < 1.29 is 19.3 Å². The molecule has 0 saturated heterocycles. The van der Waals surface area contributed by atoms with Crippen molar-refractivity contribution in [3.05, 3.63) is 29.8 Å². The number of carbonyl (C=O) groups excluding carboxylic acids is 1. The largest absolute Gasteiger partial charge is 0.494 e. The number of hydrogen-bond donors (Lipinski definition) is 0. The van der Waals surface area contributed by atoms with E-state index in [1.165, 1.54) is 0 Å². The minimum absolute atomic E-state index is 0.0654.